The molecule has 2 aromatic carbocycles. The Morgan fingerprint density at radius 2 is 1.70 bits per heavy atom. The van der Waals surface area contributed by atoms with Gasteiger partial charge >= 0.3 is 0 Å². The van der Waals surface area contributed by atoms with Crippen LogP contribution in [0.4, 0.5) is 5.69 Å². The molecule has 0 fully saturated rings. The van der Waals surface area contributed by atoms with Gasteiger partial charge in [0.2, 0.25) is 5.12 Å². The normalized spacial score (nSPS) is 18.9. The van der Waals surface area contributed by atoms with Crippen LogP contribution in [0.25, 0.3) is 0 Å². The van der Waals surface area contributed by atoms with Crippen molar-refractivity contribution in [3.63, 3.8) is 0 Å². The molecule has 1 aliphatic rings. The van der Waals surface area contributed by atoms with Gasteiger partial charge in [-0.05, 0) is 23.3 Å². The van der Waals surface area contributed by atoms with E-state index < -0.39 is 10.9 Å². The molecule has 0 spiro atoms. The zero-order valence-corrected chi connectivity index (χ0v) is 11.9. The summed E-state index contributed by atoms with van der Waals surface area (Å²) in [5.41, 5.74) is 11.2. The van der Waals surface area contributed by atoms with Gasteiger partial charge in [-0.25, -0.2) is 0 Å². The molecule has 0 aliphatic carbocycles. The highest BCUT2D eigenvalue weighted by Gasteiger charge is 2.21. The van der Waals surface area contributed by atoms with E-state index in [-0.39, 0.29) is 5.12 Å². The molecular weight excluding hydrogens is 268 g/mol. The summed E-state index contributed by atoms with van der Waals surface area (Å²) >= 11 is 0. The average Bonchev–Trinajstić information content (AvgIpc) is 2.51. The summed E-state index contributed by atoms with van der Waals surface area (Å²) in [7, 11) is -0.872. The number of rotatable bonds is 3. The molecule has 102 valence electrons. The summed E-state index contributed by atoms with van der Waals surface area (Å²) in [6.07, 6.45) is 0. The summed E-state index contributed by atoms with van der Waals surface area (Å²) in [4.78, 5) is 16.9. The number of thiol groups is 1. The lowest BCUT2D eigenvalue weighted by Crippen LogP contribution is -2.08. The van der Waals surface area contributed by atoms with E-state index in [0.717, 1.165) is 28.1 Å². The van der Waals surface area contributed by atoms with Crippen LogP contribution in [0.3, 0.4) is 0 Å². The number of hydrogen-bond acceptors (Lipinski definition) is 3. The van der Waals surface area contributed by atoms with E-state index in [0.29, 0.717) is 6.54 Å². The molecule has 4 heteroatoms. The van der Waals surface area contributed by atoms with E-state index in [1.54, 1.807) is 0 Å². The van der Waals surface area contributed by atoms with Gasteiger partial charge in [-0.1, -0.05) is 36.4 Å². The summed E-state index contributed by atoms with van der Waals surface area (Å²) in [6, 6.07) is 15.7. The van der Waals surface area contributed by atoms with E-state index >= 15 is 0 Å². The summed E-state index contributed by atoms with van der Waals surface area (Å²) in [6.45, 7) is 0.544. The van der Waals surface area contributed by atoms with Gasteiger partial charge in [0, 0.05) is 17.8 Å². The van der Waals surface area contributed by atoms with Gasteiger partial charge in [0.1, 0.15) is 0 Å². The summed E-state index contributed by atoms with van der Waals surface area (Å²) in [5.74, 6) is 0.747. The quantitative estimate of drug-likeness (QED) is 0.851. The topological polar surface area (TPSA) is 55.4 Å². The number of nitrogens with zero attached hydrogens (tertiary/aromatic N) is 1. The van der Waals surface area contributed by atoms with Crippen LogP contribution in [0.1, 0.15) is 21.5 Å². The summed E-state index contributed by atoms with van der Waals surface area (Å²) in [5, 5.41) is 0.216. The molecule has 2 N–H and O–H groups in total. The molecule has 20 heavy (non-hydrogen) atoms. The molecule has 0 bridgehead atoms. The van der Waals surface area contributed by atoms with Gasteiger partial charge in [-0.2, -0.15) is 0 Å². The number of para-hydroxylation sites is 1. The molecule has 3 rings (SSSR count). The lowest BCUT2D eigenvalue weighted by molar-refractivity contribution is 0.108. The van der Waals surface area contributed by atoms with Crippen LogP contribution in [-0.2, 0) is 12.3 Å². The highest BCUT2D eigenvalue weighted by Crippen LogP contribution is 2.39. The minimum atomic E-state index is -0.872. The first-order valence-corrected chi connectivity index (χ1v) is 8.09. The van der Waals surface area contributed by atoms with Crippen molar-refractivity contribution in [1.82, 2.24) is 0 Å². The molecule has 1 aliphatic heterocycles. The third kappa shape index (κ3) is 2.53. The minimum Gasteiger partial charge on any atom is -0.326 e. The number of benzene rings is 2. The average molecular weight is 284 g/mol. The number of carbonyl (C=O) groups excluding carboxylic acids is 1. The first kappa shape index (κ1) is 13.1. The van der Waals surface area contributed by atoms with Gasteiger partial charge in [-0.15, -0.1) is 10.9 Å². The number of carbonyl (C=O) groups is 1. The van der Waals surface area contributed by atoms with Crippen molar-refractivity contribution >= 4 is 27.2 Å². The highest BCUT2D eigenvalue weighted by atomic mass is 32.2. The fourth-order valence-electron chi connectivity index (χ4n) is 2.20. The first-order chi connectivity index (χ1) is 9.78. The largest absolute Gasteiger partial charge is 0.326 e. The van der Waals surface area contributed by atoms with Crippen LogP contribution in [0.5, 0.6) is 0 Å². The molecule has 1 heterocycles. The smallest absolute Gasteiger partial charge is 0.207 e. The molecule has 0 radical (unpaired) electrons. The van der Waals surface area contributed by atoms with Crippen LogP contribution in [0.15, 0.2) is 53.5 Å². The Bertz CT molecular complexity index is 664. The fourth-order valence-corrected chi connectivity index (χ4v) is 3.89. The maximum absolute atomic E-state index is 12.5. The van der Waals surface area contributed by atoms with E-state index in [1.807, 2.05) is 54.1 Å². The molecule has 1 unspecified atom stereocenters. The Balaban J connectivity index is 1.81. The second-order valence-electron chi connectivity index (χ2n) is 4.72. The lowest BCUT2D eigenvalue weighted by atomic mass is 10.1. The van der Waals surface area contributed by atoms with Crippen molar-refractivity contribution in [1.29, 1.82) is 0 Å². The Morgan fingerprint density at radius 1 is 1.00 bits per heavy atom. The van der Waals surface area contributed by atoms with Gasteiger partial charge in [0.15, 0.2) is 0 Å². The van der Waals surface area contributed by atoms with Gasteiger partial charge in [-0.3, -0.25) is 9.79 Å². The second kappa shape index (κ2) is 5.61. The molecule has 0 aromatic heterocycles. The van der Waals surface area contributed by atoms with Crippen molar-refractivity contribution in [2.45, 2.75) is 12.3 Å². The lowest BCUT2D eigenvalue weighted by Gasteiger charge is -2.20. The third-order valence-corrected chi connectivity index (χ3v) is 5.21. The molecule has 0 saturated heterocycles. The molecular formula is C16H16N2OS. The van der Waals surface area contributed by atoms with Crippen molar-refractivity contribution in [2.24, 2.45) is 10.7 Å². The van der Waals surface area contributed by atoms with Gasteiger partial charge in [0.05, 0.1) is 11.3 Å². The first-order valence-electron chi connectivity index (χ1n) is 6.50. The minimum absolute atomic E-state index is 0.216. The highest BCUT2D eigenvalue weighted by molar-refractivity contribution is 8.39. The maximum Gasteiger partial charge on any atom is 0.207 e. The predicted molar refractivity (Wildman–Crippen MR) is 85.9 cm³/mol. The fraction of sp³-hybridized carbons (Fsp3) is 0.125. The number of fused-ring (bicyclic) bond motifs is 1. The van der Waals surface area contributed by atoms with Crippen LogP contribution >= 0.6 is 10.9 Å². The van der Waals surface area contributed by atoms with E-state index in [9.17, 15) is 4.79 Å². The van der Waals surface area contributed by atoms with Crippen molar-refractivity contribution < 1.29 is 4.79 Å². The predicted octanol–water partition coefficient (Wildman–Crippen LogP) is 3.16. The molecule has 0 amide bonds. The van der Waals surface area contributed by atoms with Gasteiger partial charge < -0.3 is 5.73 Å². The van der Waals surface area contributed by atoms with Crippen LogP contribution in [-0.4, -0.2) is 10.7 Å². The van der Waals surface area contributed by atoms with E-state index in [4.69, 9.17) is 5.73 Å². The van der Waals surface area contributed by atoms with Crippen molar-refractivity contribution in [3.05, 3.63) is 65.2 Å². The Kier molecular flexibility index (Phi) is 3.67. The van der Waals surface area contributed by atoms with Crippen molar-refractivity contribution in [2.75, 3.05) is 0 Å². The van der Waals surface area contributed by atoms with Crippen molar-refractivity contribution in [3.8, 4) is 0 Å². The van der Waals surface area contributed by atoms with Crippen LogP contribution in [0, 0.1) is 0 Å². The zero-order chi connectivity index (χ0) is 13.9. The maximum atomic E-state index is 12.5. The third-order valence-electron chi connectivity index (χ3n) is 3.34. The molecule has 1 atom stereocenters. The number of nitrogens with two attached hydrogens (primary N) is 1. The number of hydrogen-bond donors (Lipinski definition) is 2. The SMILES string of the molecule is NCc1ccc(C[SH]2C=Nc3ccccc3C2=O)cc1. The monoisotopic (exact) mass is 284 g/mol. The van der Waals surface area contributed by atoms with E-state index in [2.05, 4.69) is 4.99 Å². The zero-order valence-electron chi connectivity index (χ0n) is 11.0. The number of aliphatic imine (C=N–C) groups is 1. The Morgan fingerprint density at radius 3 is 2.45 bits per heavy atom. The Hall–Kier alpha value is -1.91. The molecule has 0 saturated carbocycles. The van der Waals surface area contributed by atoms with Crippen LogP contribution < -0.4 is 5.73 Å². The molecule has 2 aromatic rings. The second-order valence-corrected chi connectivity index (χ2v) is 6.61. The standard InChI is InChI=1S/C16H16N2OS/c17-9-12-5-7-13(8-6-12)10-20-11-18-15-4-2-1-3-14(15)16(20)19/h1-8,11,20H,9-10,17H2. The van der Waals surface area contributed by atoms with Gasteiger partial charge in [0.25, 0.3) is 0 Å². The van der Waals surface area contributed by atoms with E-state index in [1.165, 1.54) is 0 Å². The molecule has 3 nitrogen and oxygen atoms in total. The summed E-state index contributed by atoms with van der Waals surface area (Å²) < 4.78 is 0. The van der Waals surface area contributed by atoms with Crippen LogP contribution in [0.2, 0.25) is 0 Å². The Labute approximate surface area is 120 Å².